The lowest BCUT2D eigenvalue weighted by atomic mass is 9.99. The van der Waals surface area contributed by atoms with Crippen LogP contribution in [0.1, 0.15) is 32.6 Å². The van der Waals surface area contributed by atoms with Crippen molar-refractivity contribution in [2.24, 2.45) is 0 Å². The molecule has 2 heteroatoms. The van der Waals surface area contributed by atoms with Gasteiger partial charge in [-0.2, -0.15) is 0 Å². The van der Waals surface area contributed by atoms with E-state index in [-0.39, 0.29) is 11.6 Å². The molecule has 0 heterocycles. The highest BCUT2D eigenvalue weighted by Crippen LogP contribution is 2.16. The molecule has 3 aromatic rings. The maximum Gasteiger partial charge on any atom is 0.193 e. The monoisotopic (exact) mass is 304 g/mol. The molecule has 0 atom stereocenters. The SMILES string of the molecule is Cc1ccc(C(=O)c2ccc(Cc3ccccc3)cc2)cc1F. The van der Waals surface area contributed by atoms with E-state index in [1.165, 1.54) is 11.6 Å². The average Bonchev–Trinajstić information content (AvgIpc) is 2.58. The second kappa shape index (κ2) is 6.57. The molecule has 0 unspecified atom stereocenters. The number of aryl methyl sites for hydroxylation is 1. The van der Waals surface area contributed by atoms with E-state index in [0.29, 0.717) is 16.7 Å². The molecule has 0 bridgehead atoms. The summed E-state index contributed by atoms with van der Waals surface area (Å²) >= 11 is 0. The number of rotatable bonds is 4. The lowest BCUT2D eigenvalue weighted by molar-refractivity contribution is 0.103. The number of benzene rings is 3. The Bertz CT molecular complexity index is 820. The van der Waals surface area contributed by atoms with E-state index >= 15 is 0 Å². The van der Waals surface area contributed by atoms with Crippen molar-refractivity contribution in [1.29, 1.82) is 0 Å². The molecule has 0 saturated heterocycles. The van der Waals surface area contributed by atoms with E-state index in [1.54, 1.807) is 31.2 Å². The molecule has 0 spiro atoms. The number of carbonyl (C=O) groups is 1. The minimum atomic E-state index is -0.350. The number of halogens is 1. The fourth-order valence-corrected chi connectivity index (χ4v) is 2.51. The van der Waals surface area contributed by atoms with Gasteiger partial charge in [0.15, 0.2) is 5.78 Å². The molecule has 114 valence electrons. The van der Waals surface area contributed by atoms with Crippen LogP contribution < -0.4 is 0 Å². The van der Waals surface area contributed by atoms with Gasteiger partial charge in [0.2, 0.25) is 0 Å². The Morgan fingerprint density at radius 3 is 2.09 bits per heavy atom. The predicted molar refractivity (Wildman–Crippen MR) is 90.3 cm³/mol. The van der Waals surface area contributed by atoms with Gasteiger partial charge in [0.1, 0.15) is 5.82 Å². The van der Waals surface area contributed by atoms with Crippen LogP contribution in [0.25, 0.3) is 0 Å². The quantitative estimate of drug-likeness (QED) is 0.623. The summed E-state index contributed by atoms with van der Waals surface area (Å²) < 4.78 is 13.6. The molecule has 0 fully saturated rings. The molecule has 1 nitrogen and oxygen atoms in total. The van der Waals surface area contributed by atoms with Crippen LogP contribution in [0.2, 0.25) is 0 Å². The zero-order valence-electron chi connectivity index (χ0n) is 12.9. The third-order valence-electron chi connectivity index (χ3n) is 3.90. The third kappa shape index (κ3) is 3.54. The van der Waals surface area contributed by atoms with Crippen LogP contribution in [0.5, 0.6) is 0 Å². The van der Waals surface area contributed by atoms with E-state index in [9.17, 15) is 9.18 Å². The Hall–Kier alpha value is -2.74. The fraction of sp³-hybridized carbons (Fsp3) is 0.0952. The number of ketones is 1. The van der Waals surface area contributed by atoms with Crippen molar-refractivity contribution in [3.8, 4) is 0 Å². The first kappa shape index (κ1) is 15.2. The Morgan fingerprint density at radius 1 is 0.826 bits per heavy atom. The minimum Gasteiger partial charge on any atom is -0.289 e. The highest BCUT2D eigenvalue weighted by molar-refractivity contribution is 6.09. The molecule has 0 radical (unpaired) electrons. The van der Waals surface area contributed by atoms with Crippen molar-refractivity contribution in [2.75, 3.05) is 0 Å². The van der Waals surface area contributed by atoms with Crippen LogP contribution in [0.4, 0.5) is 4.39 Å². The molecule has 3 aromatic carbocycles. The van der Waals surface area contributed by atoms with Gasteiger partial charge >= 0.3 is 0 Å². The van der Waals surface area contributed by atoms with E-state index in [2.05, 4.69) is 12.1 Å². The van der Waals surface area contributed by atoms with Gasteiger partial charge in [-0.3, -0.25) is 4.79 Å². The molecule has 23 heavy (non-hydrogen) atoms. The summed E-state index contributed by atoms with van der Waals surface area (Å²) in [5, 5.41) is 0. The van der Waals surface area contributed by atoms with Gasteiger partial charge in [-0.1, -0.05) is 66.7 Å². The maximum absolute atomic E-state index is 13.6. The summed E-state index contributed by atoms with van der Waals surface area (Å²) in [6.07, 6.45) is 0.828. The molecular weight excluding hydrogens is 287 g/mol. The maximum atomic E-state index is 13.6. The van der Waals surface area contributed by atoms with Crippen LogP contribution in [-0.4, -0.2) is 5.78 Å². The normalized spacial score (nSPS) is 10.5. The van der Waals surface area contributed by atoms with E-state index in [1.807, 2.05) is 30.3 Å². The largest absolute Gasteiger partial charge is 0.289 e. The Kier molecular flexibility index (Phi) is 4.33. The molecule has 0 saturated carbocycles. The summed E-state index contributed by atoms with van der Waals surface area (Å²) in [6.45, 7) is 1.68. The van der Waals surface area contributed by atoms with Gasteiger partial charge in [-0.05, 0) is 36.1 Å². The lowest BCUT2D eigenvalue weighted by Gasteiger charge is -2.05. The number of hydrogen-bond acceptors (Lipinski definition) is 1. The molecule has 0 N–H and O–H groups in total. The molecular formula is C21H17FO. The molecule has 0 aliphatic heterocycles. The number of carbonyl (C=O) groups excluding carboxylic acids is 1. The molecule has 0 aliphatic carbocycles. The topological polar surface area (TPSA) is 17.1 Å². The van der Waals surface area contributed by atoms with Crippen molar-refractivity contribution >= 4 is 5.78 Å². The van der Waals surface area contributed by atoms with Gasteiger partial charge in [0.25, 0.3) is 0 Å². The highest BCUT2D eigenvalue weighted by Gasteiger charge is 2.11. The van der Waals surface area contributed by atoms with Crippen molar-refractivity contribution in [1.82, 2.24) is 0 Å². The molecule has 0 aliphatic rings. The lowest BCUT2D eigenvalue weighted by Crippen LogP contribution is -2.02. The zero-order valence-corrected chi connectivity index (χ0v) is 12.9. The first-order valence-corrected chi connectivity index (χ1v) is 7.57. The molecule has 0 aromatic heterocycles. The Labute approximate surface area is 135 Å². The van der Waals surface area contributed by atoms with Crippen molar-refractivity contribution in [3.63, 3.8) is 0 Å². The van der Waals surface area contributed by atoms with Crippen molar-refractivity contribution in [2.45, 2.75) is 13.3 Å². The van der Waals surface area contributed by atoms with Gasteiger partial charge in [-0.15, -0.1) is 0 Å². The van der Waals surface area contributed by atoms with Gasteiger partial charge in [0, 0.05) is 11.1 Å². The first-order valence-electron chi connectivity index (χ1n) is 7.57. The summed E-state index contributed by atoms with van der Waals surface area (Å²) in [7, 11) is 0. The fourth-order valence-electron chi connectivity index (χ4n) is 2.51. The van der Waals surface area contributed by atoms with Crippen molar-refractivity contribution in [3.05, 3.63) is 106 Å². The van der Waals surface area contributed by atoms with Crippen LogP contribution >= 0.6 is 0 Å². The first-order chi connectivity index (χ1) is 11.1. The second-order valence-corrected chi connectivity index (χ2v) is 5.65. The van der Waals surface area contributed by atoms with Crippen molar-refractivity contribution < 1.29 is 9.18 Å². The minimum absolute atomic E-state index is 0.157. The smallest absolute Gasteiger partial charge is 0.193 e. The molecule has 0 amide bonds. The van der Waals surface area contributed by atoms with Gasteiger partial charge < -0.3 is 0 Å². The zero-order chi connectivity index (χ0) is 16.2. The van der Waals surface area contributed by atoms with Crippen LogP contribution in [0.15, 0.2) is 72.8 Å². The summed E-state index contributed by atoms with van der Waals surface area (Å²) in [4.78, 5) is 12.4. The summed E-state index contributed by atoms with van der Waals surface area (Å²) in [6, 6.07) is 22.3. The van der Waals surface area contributed by atoms with E-state index in [4.69, 9.17) is 0 Å². The van der Waals surface area contributed by atoms with Crippen LogP contribution in [0.3, 0.4) is 0 Å². The Balaban J connectivity index is 1.78. The van der Waals surface area contributed by atoms with Crippen LogP contribution in [-0.2, 0) is 6.42 Å². The average molecular weight is 304 g/mol. The third-order valence-corrected chi connectivity index (χ3v) is 3.90. The van der Waals surface area contributed by atoms with Crippen LogP contribution in [0, 0.1) is 12.7 Å². The summed E-state index contributed by atoms with van der Waals surface area (Å²) in [5.74, 6) is -0.508. The Morgan fingerprint density at radius 2 is 1.43 bits per heavy atom. The number of hydrogen-bond donors (Lipinski definition) is 0. The predicted octanol–water partition coefficient (Wildman–Crippen LogP) is 4.96. The highest BCUT2D eigenvalue weighted by atomic mass is 19.1. The standard InChI is InChI=1S/C21H17FO/c1-15-7-10-19(14-20(15)22)21(23)18-11-8-17(9-12-18)13-16-5-3-2-4-6-16/h2-12,14H,13H2,1H3. The second-order valence-electron chi connectivity index (χ2n) is 5.65. The van der Waals surface area contributed by atoms with Gasteiger partial charge in [0.05, 0.1) is 0 Å². The van der Waals surface area contributed by atoms with E-state index < -0.39 is 0 Å². The van der Waals surface area contributed by atoms with Gasteiger partial charge in [-0.25, -0.2) is 4.39 Å². The summed E-state index contributed by atoms with van der Waals surface area (Å²) in [5.41, 5.74) is 3.86. The van der Waals surface area contributed by atoms with E-state index in [0.717, 1.165) is 12.0 Å². The molecule has 3 rings (SSSR count).